The van der Waals surface area contributed by atoms with Gasteiger partial charge in [-0.2, -0.15) is 0 Å². The van der Waals surface area contributed by atoms with Gasteiger partial charge in [-0.15, -0.1) is 0 Å². The molecule has 1 N–H and O–H groups in total. The van der Waals surface area contributed by atoms with Gasteiger partial charge in [-0.25, -0.2) is 4.79 Å². The molecule has 5 heteroatoms. The van der Waals surface area contributed by atoms with Crippen molar-refractivity contribution in [1.82, 2.24) is 0 Å². The molecule has 4 nitrogen and oxygen atoms in total. The minimum atomic E-state index is -1.50. The maximum atomic E-state index is 11.7. The van der Waals surface area contributed by atoms with E-state index in [2.05, 4.69) is 0 Å². The van der Waals surface area contributed by atoms with E-state index < -0.39 is 16.4 Å². The first-order valence-electron chi connectivity index (χ1n) is 4.64. The summed E-state index contributed by atoms with van der Waals surface area (Å²) in [4.78, 5) is 11.2. The summed E-state index contributed by atoms with van der Waals surface area (Å²) in [7, 11) is -1.50. The third-order valence-corrected chi connectivity index (χ3v) is 3.52. The van der Waals surface area contributed by atoms with E-state index in [1.54, 1.807) is 6.92 Å². The van der Waals surface area contributed by atoms with Crippen molar-refractivity contribution in [2.45, 2.75) is 25.7 Å². The second-order valence-corrected chi connectivity index (χ2v) is 5.20. The molecule has 0 radical (unpaired) electrons. The maximum absolute atomic E-state index is 11.7. The number of aromatic hydroxyl groups is 1. The minimum Gasteiger partial charge on any atom is -0.506 e. The molecule has 0 fully saturated rings. The number of hydrogen-bond donors (Lipinski definition) is 1. The molecule has 0 spiro atoms. The highest BCUT2D eigenvalue weighted by Crippen LogP contribution is 2.19. The molecule has 0 aromatic carbocycles. The second-order valence-electron chi connectivity index (χ2n) is 3.76. The molecule has 0 amide bonds. The van der Waals surface area contributed by atoms with Gasteiger partial charge in [0.15, 0.2) is 4.90 Å². The highest BCUT2D eigenvalue weighted by molar-refractivity contribution is 7.85. The molecule has 0 saturated carbocycles. The van der Waals surface area contributed by atoms with Gasteiger partial charge in [0, 0.05) is 11.8 Å². The Morgan fingerprint density at radius 2 is 2.13 bits per heavy atom. The third-order valence-electron chi connectivity index (χ3n) is 1.72. The molecule has 15 heavy (non-hydrogen) atoms. The monoisotopic (exact) mass is 230 g/mol. The van der Waals surface area contributed by atoms with E-state index in [1.165, 1.54) is 6.07 Å². The smallest absolute Gasteiger partial charge is 0.356 e. The summed E-state index contributed by atoms with van der Waals surface area (Å²) in [6, 6.07) is 1.30. The average Bonchev–Trinajstić information content (AvgIpc) is 1.99. The van der Waals surface area contributed by atoms with E-state index in [9.17, 15) is 14.1 Å². The Kier molecular flexibility index (Phi) is 3.68. The van der Waals surface area contributed by atoms with Gasteiger partial charge < -0.3 is 9.52 Å². The molecule has 0 saturated heterocycles. The first-order valence-corrected chi connectivity index (χ1v) is 5.95. The molecule has 1 aromatic rings. The van der Waals surface area contributed by atoms with Gasteiger partial charge in [0.1, 0.15) is 11.5 Å². The summed E-state index contributed by atoms with van der Waals surface area (Å²) >= 11 is 0. The first-order chi connectivity index (χ1) is 6.91. The van der Waals surface area contributed by atoms with Crippen molar-refractivity contribution in [3.05, 3.63) is 22.2 Å². The van der Waals surface area contributed by atoms with Crippen molar-refractivity contribution in [2.24, 2.45) is 5.92 Å². The molecule has 1 atom stereocenters. The van der Waals surface area contributed by atoms with Gasteiger partial charge in [-0.1, -0.05) is 13.8 Å². The summed E-state index contributed by atoms with van der Waals surface area (Å²) in [5.41, 5.74) is -0.716. The fourth-order valence-electron chi connectivity index (χ4n) is 1.18. The Morgan fingerprint density at radius 1 is 1.53 bits per heavy atom. The lowest BCUT2D eigenvalue weighted by Gasteiger charge is -2.05. The first kappa shape index (κ1) is 12.0. The van der Waals surface area contributed by atoms with Gasteiger partial charge in [0.2, 0.25) is 0 Å². The van der Waals surface area contributed by atoms with E-state index in [0.29, 0.717) is 11.5 Å². The van der Waals surface area contributed by atoms with E-state index in [4.69, 9.17) is 4.42 Å². The second kappa shape index (κ2) is 4.61. The zero-order chi connectivity index (χ0) is 11.6. The lowest BCUT2D eigenvalue weighted by molar-refractivity contribution is 0.410. The van der Waals surface area contributed by atoms with Crippen LogP contribution in [-0.2, 0) is 10.8 Å². The van der Waals surface area contributed by atoms with Crippen LogP contribution in [-0.4, -0.2) is 15.1 Å². The van der Waals surface area contributed by atoms with Gasteiger partial charge in [-0.05, 0) is 12.8 Å². The zero-order valence-corrected chi connectivity index (χ0v) is 9.76. The van der Waals surface area contributed by atoms with Crippen LogP contribution in [0.2, 0.25) is 0 Å². The highest BCUT2D eigenvalue weighted by Gasteiger charge is 2.17. The van der Waals surface area contributed by atoms with Crippen molar-refractivity contribution in [1.29, 1.82) is 0 Å². The Balaban J connectivity index is 3.15. The van der Waals surface area contributed by atoms with Crippen LogP contribution in [0.1, 0.15) is 19.6 Å². The molecule has 84 valence electrons. The summed E-state index contributed by atoms with van der Waals surface area (Å²) in [6.45, 7) is 5.34. The number of rotatable bonds is 3. The van der Waals surface area contributed by atoms with Crippen LogP contribution < -0.4 is 5.63 Å². The number of hydrogen-bond acceptors (Lipinski definition) is 4. The van der Waals surface area contributed by atoms with Crippen LogP contribution in [0.3, 0.4) is 0 Å². The van der Waals surface area contributed by atoms with E-state index in [-0.39, 0.29) is 16.6 Å². The average molecular weight is 230 g/mol. The van der Waals surface area contributed by atoms with Crippen LogP contribution >= 0.6 is 0 Å². The standard InChI is InChI=1S/C10H14O4S/c1-6(2)5-15(13)9-8(11)4-7(3)14-10(9)12/h4,6,11H,5H2,1-3H3. The summed E-state index contributed by atoms with van der Waals surface area (Å²) < 4.78 is 16.5. The molecular formula is C10H14O4S. The van der Waals surface area contributed by atoms with E-state index in [0.717, 1.165) is 0 Å². The van der Waals surface area contributed by atoms with Crippen molar-refractivity contribution in [3.63, 3.8) is 0 Å². The molecule has 1 heterocycles. The molecule has 0 aliphatic heterocycles. The molecule has 1 rings (SSSR count). The summed E-state index contributed by atoms with van der Waals surface area (Å²) in [5.74, 6) is 0.581. The summed E-state index contributed by atoms with van der Waals surface area (Å²) in [6.07, 6.45) is 0. The van der Waals surface area contributed by atoms with E-state index >= 15 is 0 Å². The largest absolute Gasteiger partial charge is 0.506 e. The summed E-state index contributed by atoms with van der Waals surface area (Å²) in [5, 5.41) is 9.50. The molecule has 1 aromatic heterocycles. The van der Waals surface area contributed by atoms with Crippen molar-refractivity contribution >= 4 is 10.8 Å². The Hall–Kier alpha value is -1.10. The third kappa shape index (κ3) is 2.92. The van der Waals surface area contributed by atoms with Gasteiger partial charge in [-0.3, -0.25) is 4.21 Å². The van der Waals surface area contributed by atoms with Crippen molar-refractivity contribution in [3.8, 4) is 5.75 Å². The Morgan fingerprint density at radius 3 is 2.60 bits per heavy atom. The van der Waals surface area contributed by atoms with Crippen LogP contribution in [0.4, 0.5) is 0 Å². The molecule has 0 aliphatic rings. The predicted molar refractivity (Wildman–Crippen MR) is 57.5 cm³/mol. The van der Waals surface area contributed by atoms with Gasteiger partial charge in [0.25, 0.3) is 0 Å². The van der Waals surface area contributed by atoms with E-state index in [1.807, 2.05) is 13.8 Å². The Bertz CT molecular complexity index is 434. The fourth-order valence-corrected chi connectivity index (χ4v) is 2.47. The molecule has 0 aliphatic carbocycles. The van der Waals surface area contributed by atoms with Crippen LogP contribution in [0, 0.1) is 12.8 Å². The number of aryl methyl sites for hydroxylation is 1. The molecule has 1 unspecified atom stereocenters. The van der Waals surface area contributed by atoms with Gasteiger partial charge >= 0.3 is 5.63 Å². The lowest BCUT2D eigenvalue weighted by atomic mass is 10.3. The fraction of sp³-hybridized carbons (Fsp3) is 0.500. The van der Waals surface area contributed by atoms with Crippen LogP contribution in [0.15, 0.2) is 20.2 Å². The topological polar surface area (TPSA) is 67.5 Å². The van der Waals surface area contributed by atoms with Crippen molar-refractivity contribution in [2.75, 3.05) is 5.75 Å². The molecular weight excluding hydrogens is 216 g/mol. The SMILES string of the molecule is Cc1cc(O)c(S(=O)CC(C)C)c(=O)o1. The normalized spacial score (nSPS) is 13.1. The quantitative estimate of drug-likeness (QED) is 0.852. The highest BCUT2D eigenvalue weighted by atomic mass is 32.2. The minimum absolute atomic E-state index is 0.130. The maximum Gasteiger partial charge on any atom is 0.356 e. The van der Waals surface area contributed by atoms with Crippen LogP contribution in [0.25, 0.3) is 0 Å². The van der Waals surface area contributed by atoms with Crippen LogP contribution in [0.5, 0.6) is 5.75 Å². The Labute approximate surface area is 90.4 Å². The lowest BCUT2D eigenvalue weighted by Crippen LogP contribution is -2.14. The van der Waals surface area contributed by atoms with Crippen molar-refractivity contribution < 1.29 is 13.7 Å². The molecule has 0 bridgehead atoms. The van der Waals surface area contributed by atoms with Gasteiger partial charge in [0.05, 0.1) is 10.8 Å². The zero-order valence-electron chi connectivity index (χ0n) is 8.94. The predicted octanol–water partition coefficient (Wildman–Crippen LogP) is 1.42.